The van der Waals surface area contributed by atoms with Crippen molar-refractivity contribution < 1.29 is 106 Å². The van der Waals surface area contributed by atoms with Crippen molar-refractivity contribution in [3.8, 4) is 0 Å². The Morgan fingerprint density at radius 3 is 0.966 bits per heavy atom. The first kappa shape index (κ1) is 112. The minimum atomic E-state index is -5.61. The highest BCUT2D eigenvalue weighted by Crippen LogP contribution is 2.42. The molecule has 2 rings (SSSR count). The second-order valence-electron chi connectivity index (χ2n) is 35.0. The average molecular weight is 1720 g/mol. The molecule has 0 unspecified atom stereocenters. The number of rotatable bonds is 82. The third-order valence-corrected chi connectivity index (χ3v) is 24.1. The first-order chi connectivity index (χ1) is 57.6. The van der Waals surface area contributed by atoms with Crippen molar-refractivity contribution in [3.05, 3.63) is 0 Å². The van der Waals surface area contributed by atoms with Gasteiger partial charge in [0.1, 0.15) is 48.7 Å². The number of nitrogens with one attached hydrogen (secondary N) is 2. The van der Waals surface area contributed by atoms with Crippen LogP contribution in [0.15, 0.2) is 0 Å². The van der Waals surface area contributed by atoms with Gasteiger partial charge in [-0.3, -0.25) is 33.3 Å². The van der Waals surface area contributed by atoms with Gasteiger partial charge in [-0.1, -0.05) is 375 Å². The van der Waals surface area contributed by atoms with Crippen LogP contribution >= 0.6 is 7.82 Å². The van der Waals surface area contributed by atoms with Gasteiger partial charge in [0, 0.05) is 12.8 Å². The molecule has 2 aliphatic rings. The predicted octanol–water partition coefficient (Wildman–Crippen LogP) is 20.5. The molecule has 14 atom stereocenters. The van der Waals surface area contributed by atoms with E-state index in [2.05, 4.69) is 52.2 Å². The van der Waals surface area contributed by atoms with Gasteiger partial charge >= 0.3 is 31.7 Å². The average Bonchev–Trinajstić information content (AvgIpc) is 0.786. The number of ether oxygens (including phenoxy) is 7. The summed E-state index contributed by atoms with van der Waals surface area (Å²) >= 11 is 0. The van der Waals surface area contributed by atoms with E-state index in [0.717, 1.165) is 205 Å². The molecule has 9 N–H and O–H groups in total. The van der Waals surface area contributed by atoms with Gasteiger partial charge in [-0.25, -0.2) is 4.57 Å². The number of phosphoric acid groups is 1. The van der Waals surface area contributed by atoms with E-state index >= 15 is 4.79 Å². The molecule has 2 aliphatic heterocycles. The van der Waals surface area contributed by atoms with Crippen molar-refractivity contribution in [2.45, 2.75) is 551 Å². The quantitative estimate of drug-likeness (QED) is 0.0118. The van der Waals surface area contributed by atoms with Crippen LogP contribution in [-0.4, -0.2) is 170 Å². The Bertz CT molecular complexity index is 2520. The number of carbonyl (C=O) groups excluding carboxylic acids is 6. The van der Waals surface area contributed by atoms with Crippen LogP contribution in [0.3, 0.4) is 0 Å². The Morgan fingerprint density at radius 1 is 0.345 bits per heavy atom. The first-order valence-corrected chi connectivity index (χ1v) is 50.5. The summed E-state index contributed by atoms with van der Waals surface area (Å²) in [6.07, 6.45) is 38.4. The Balaban J connectivity index is 2.72. The zero-order valence-electron chi connectivity index (χ0n) is 75.9. The molecule has 700 valence electrons. The smallest absolute Gasteiger partial charge is 0.462 e. The van der Waals surface area contributed by atoms with Crippen molar-refractivity contribution in [2.24, 2.45) is 0 Å². The Hall–Kier alpha value is -3.39. The van der Waals surface area contributed by atoms with E-state index in [1.54, 1.807) is 0 Å². The van der Waals surface area contributed by atoms with Crippen LogP contribution in [0.5, 0.6) is 0 Å². The van der Waals surface area contributed by atoms with Crippen LogP contribution in [0.25, 0.3) is 0 Å². The van der Waals surface area contributed by atoms with Crippen LogP contribution < -0.4 is 10.6 Å². The zero-order valence-corrected chi connectivity index (χ0v) is 76.8. The fourth-order valence-corrected chi connectivity index (χ4v) is 16.8. The lowest BCUT2D eigenvalue weighted by Gasteiger charge is -2.46. The lowest BCUT2D eigenvalue weighted by molar-refractivity contribution is -0.298. The molecule has 0 aromatic carbocycles. The highest BCUT2D eigenvalue weighted by Gasteiger charge is 2.53. The van der Waals surface area contributed by atoms with Gasteiger partial charge in [0.15, 0.2) is 24.8 Å². The number of unbranched alkanes of at least 4 members (excludes halogenated alkanes) is 50. The number of amides is 2. The van der Waals surface area contributed by atoms with E-state index in [-0.39, 0.29) is 25.7 Å². The van der Waals surface area contributed by atoms with Crippen molar-refractivity contribution in [2.75, 3.05) is 13.2 Å². The van der Waals surface area contributed by atoms with E-state index in [1.807, 2.05) is 0 Å². The number of hydrogen-bond donors (Lipinski definition) is 9. The molecular weight excluding hydrogens is 1540 g/mol. The molecule has 0 bridgehead atoms. The van der Waals surface area contributed by atoms with Crippen molar-refractivity contribution >= 4 is 43.5 Å². The maximum absolute atomic E-state index is 15.0. The molecule has 25 heteroatoms. The SMILES string of the molecule is CCCCCCCCCCCCCC(=O)O[C@H](CCCCCCCCCCC)CC(=O)O[C@H]1[C@H](O)[C@@H](CO)O[C@@H](OC[C@H]2O[C@H](OP(=O)(O)O)[C@H](NC(=O)C[C@H](O)CCCCCCCCCCC)[C@@H](OC(=O)C[C@H](O)CCCCCCCCCCC)[C@@H]2O)[C@@H]1NC(=O)C[C@@H](CCCCCCCCCCC)OC(=O)CCCCCCCCCCC. The van der Waals surface area contributed by atoms with Gasteiger partial charge < -0.3 is 79.1 Å². The lowest BCUT2D eigenvalue weighted by Crippen LogP contribution is -2.67. The minimum Gasteiger partial charge on any atom is -0.462 e. The summed E-state index contributed by atoms with van der Waals surface area (Å²) in [5.41, 5.74) is 0. The molecule has 0 aromatic heterocycles. The molecule has 2 fully saturated rings. The van der Waals surface area contributed by atoms with Gasteiger partial charge in [-0.05, 0) is 51.4 Å². The number of carbonyl (C=O) groups is 6. The zero-order chi connectivity index (χ0) is 87.2. The van der Waals surface area contributed by atoms with Crippen molar-refractivity contribution in [3.63, 3.8) is 0 Å². The van der Waals surface area contributed by atoms with E-state index in [0.29, 0.717) is 51.4 Å². The summed E-state index contributed by atoms with van der Waals surface area (Å²) in [6, 6.07) is -3.56. The number of aliphatic hydroxyl groups excluding tert-OH is 5. The summed E-state index contributed by atoms with van der Waals surface area (Å²) in [7, 11) is -5.61. The third kappa shape index (κ3) is 59.3. The number of aliphatic hydroxyl groups is 5. The van der Waals surface area contributed by atoms with Crippen LogP contribution in [-0.2, 0) is 71.0 Å². The van der Waals surface area contributed by atoms with Crippen molar-refractivity contribution in [1.82, 2.24) is 10.6 Å². The highest BCUT2D eigenvalue weighted by molar-refractivity contribution is 7.46. The van der Waals surface area contributed by atoms with Gasteiger partial charge in [-0.15, -0.1) is 0 Å². The molecule has 0 aromatic rings. The van der Waals surface area contributed by atoms with E-state index in [9.17, 15) is 63.9 Å². The molecule has 24 nitrogen and oxygen atoms in total. The molecule has 0 radical (unpaired) electrons. The molecule has 0 spiro atoms. The minimum absolute atomic E-state index is 0.145. The summed E-state index contributed by atoms with van der Waals surface area (Å²) in [5, 5.41) is 63.6. The Labute approximate surface area is 721 Å². The van der Waals surface area contributed by atoms with Crippen LogP contribution in [0, 0.1) is 0 Å². The summed E-state index contributed by atoms with van der Waals surface area (Å²) in [5.74, 6) is -4.52. The number of phosphoric ester groups is 1. The molecule has 2 heterocycles. The van der Waals surface area contributed by atoms with Gasteiger partial charge in [0.2, 0.25) is 11.8 Å². The maximum atomic E-state index is 15.0. The van der Waals surface area contributed by atoms with Gasteiger partial charge in [-0.2, -0.15) is 0 Å². The molecule has 2 saturated heterocycles. The van der Waals surface area contributed by atoms with E-state index in [1.165, 1.54) is 116 Å². The fraction of sp³-hybridized carbons (Fsp3) is 0.936. The largest absolute Gasteiger partial charge is 0.472 e. The standard InChI is InChI=1S/C94H177N2O22P/c1-7-13-19-25-31-37-38-44-50-56-62-68-84(103)113-78(66-60-54-48-42-35-29-23-17-11-5)72-86(105)117-91-87(96-82(101)71-77(65-59-53-47-41-34-28-22-16-10-4)112-83(102)67-61-55-49-43-36-30-24-18-12-6)93(114-79(73-97)89(91)106)111-74-80-90(107)92(116-85(104)70-76(99)64-58-52-46-40-33-27-21-15-9-3)88(94(115-80)118-119(108,109)110)95-81(100)69-75(98)63-57-51-45-39-32-26-20-14-8-2/h75-80,87-94,97-99,106-107H,7-74H2,1-6H3,(H,95,100)(H,96,101)(H2,108,109,110)/t75-,76-,77-,78-,79-,80-,87-,88-,89-,90-,91-,92-,93-,94-/m1/s1. The second kappa shape index (κ2) is 74.8. The van der Waals surface area contributed by atoms with Crippen molar-refractivity contribution in [1.29, 1.82) is 0 Å². The maximum Gasteiger partial charge on any atom is 0.472 e. The normalized spacial score (nSPS) is 20.5. The Kier molecular flexibility index (Phi) is 70.2. The van der Waals surface area contributed by atoms with Crippen LogP contribution in [0.2, 0.25) is 0 Å². The van der Waals surface area contributed by atoms with E-state index in [4.69, 9.17) is 37.7 Å². The Morgan fingerprint density at radius 2 is 0.622 bits per heavy atom. The summed E-state index contributed by atoms with van der Waals surface area (Å²) in [4.78, 5) is 106. The summed E-state index contributed by atoms with van der Waals surface area (Å²) < 4.78 is 61.5. The van der Waals surface area contributed by atoms with Crippen LogP contribution in [0.4, 0.5) is 0 Å². The topological polar surface area (TPSA) is 359 Å². The molecule has 2 amide bonds. The second-order valence-corrected chi connectivity index (χ2v) is 36.1. The van der Waals surface area contributed by atoms with Gasteiger partial charge in [0.05, 0.1) is 51.1 Å². The first-order valence-electron chi connectivity index (χ1n) is 49.0. The molecule has 0 saturated carbocycles. The number of hydrogen-bond acceptors (Lipinski definition) is 20. The van der Waals surface area contributed by atoms with E-state index < -0.39 is 168 Å². The molecule has 0 aliphatic carbocycles. The highest BCUT2D eigenvalue weighted by atomic mass is 31.2. The van der Waals surface area contributed by atoms with Gasteiger partial charge in [0.25, 0.3) is 0 Å². The summed E-state index contributed by atoms with van der Waals surface area (Å²) in [6.45, 7) is 11.3. The lowest BCUT2D eigenvalue weighted by atomic mass is 9.95. The molecule has 119 heavy (non-hydrogen) atoms. The third-order valence-electron chi connectivity index (χ3n) is 23.6. The van der Waals surface area contributed by atoms with Crippen LogP contribution in [0.1, 0.15) is 465 Å². The molecular formula is C94H177N2O22P. The fourth-order valence-electron chi connectivity index (χ4n) is 16.3. The predicted molar refractivity (Wildman–Crippen MR) is 470 cm³/mol. The number of esters is 4. The monoisotopic (exact) mass is 1720 g/mol.